The van der Waals surface area contributed by atoms with Crippen LogP contribution in [0.25, 0.3) is 0 Å². The fourth-order valence-electron chi connectivity index (χ4n) is 5.01. The minimum Gasteiger partial charge on any atom is -0.488 e. The van der Waals surface area contributed by atoms with Crippen molar-refractivity contribution in [1.29, 1.82) is 5.26 Å². The van der Waals surface area contributed by atoms with Crippen molar-refractivity contribution in [3.63, 3.8) is 0 Å². The van der Waals surface area contributed by atoms with Crippen molar-refractivity contribution in [3.05, 3.63) is 64.7 Å². The highest BCUT2D eigenvalue weighted by molar-refractivity contribution is 5.71. The molecule has 0 radical (unpaired) electrons. The Balaban J connectivity index is 1.62. The van der Waals surface area contributed by atoms with Crippen molar-refractivity contribution in [3.8, 4) is 11.8 Å². The number of carbonyl (C=O) groups excluding carboxylic acids is 2. The lowest BCUT2D eigenvalue weighted by atomic mass is 9.88. The number of fused-ring (bicyclic) bond motifs is 1. The minimum atomic E-state index is -0.533. The molecule has 1 atom stereocenters. The first-order chi connectivity index (χ1) is 18.6. The van der Waals surface area contributed by atoms with Crippen molar-refractivity contribution in [2.45, 2.75) is 78.4 Å². The molecule has 7 heteroatoms. The van der Waals surface area contributed by atoms with Gasteiger partial charge in [-0.2, -0.15) is 5.26 Å². The molecule has 0 saturated heterocycles. The molecule has 1 aliphatic carbocycles. The minimum absolute atomic E-state index is 0.104. The molecular weight excluding hydrogens is 492 g/mol. The maximum Gasteiger partial charge on any atom is 0.308 e. The summed E-state index contributed by atoms with van der Waals surface area (Å²) in [4.78, 5) is 24.2. The summed E-state index contributed by atoms with van der Waals surface area (Å²) in [5, 5.41) is 13.2. The summed E-state index contributed by atoms with van der Waals surface area (Å²) in [7, 11) is 0. The lowest BCUT2D eigenvalue weighted by Crippen LogP contribution is -2.47. The van der Waals surface area contributed by atoms with Crippen LogP contribution in [0.15, 0.2) is 42.5 Å². The maximum absolute atomic E-state index is 12.5. The lowest BCUT2D eigenvalue weighted by molar-refractivity contribution is -0.154. The molecule has 7 nitrogen and oxygen atoms in total. The summed E-state index contributed by atoms with van der Waals surface area (Å²) >= 11 is 0. The summed E-state index contributed by atoms with van der Waals surface area (Å²) in [6.45, 7) is 10.6. The average molecular weight is 535 g/mol. The van der Waals surface area contributed by atoms with E-state index in [4.69, 9.17) is 14.2 Å². The summed E-state index contributed by atoms with van der Waals surface area (Å²) in [6.07, 6.45) is 3.36. The third kappa shape index (κ3) is 9.40. The second kappa shape index (κ2) is 14.1. The molecule has 1 unspecified atom stereocenters. The first-order valence-electron chi connectivity index (χ1n) is 13.9. The van der Waals surface area contributed by atoms with Crippen LogP contribution in [0.5, 0.6) is 5.75 Å². The van der Waals surface area contributed by atoms with Crippen LogP contribution in [-0.2, 0) is 38.3 Å². The molecule has 3 rings (SSSR count). The van der Waals surface area contributed by atoms with Crippen molar-refractivity contribution in [1.82, 2.24) is 5.32 Å². The van der Waals surface area contributed by atoms with Crippen molar-refractivity contribution in [2.24, 2.45) is 11.8 Å². The molecule has 0 heterocycles. The van der Waals surface area contributed by atoms with Gasteiger partial charge in [-0.3, -0.25) is 9.59 Å². The van der Waals surface area contributed by atoms with Gasteiger partial charge in [-0.25, -0.2) is 0 Å². The summed E-state index contributed by atoms with van der Waals surface area (Å²) in [5.41, 5.74) is 3.96. The molecule has 0 aromatic heterocycles. The van der Waals surface area contributed by atoms with Crippen LogP contribution in [0.1, 0.15) is 69.7 Å². The van der Waals surface area contributed by atoms with Crippen LogP contribution in [0.4, 0.5) is 0 Å². The van der Waals surface area contributed by atoms with E-state index in [0.717, 1.165) is 24.8 Å². The van der Waals surface area contributed by atoms with Crippen molar-refractivity contribution >= 4 is 11.9 Å². The predicted molar refractivity (Wildman–Crippen MR) is 150 cm³/mol. The van der Waals surface area contributed by atoms with Gasteiger partial charge in [0.2, 0.25) is 0 Å². The highest BCUT2D eigenvalue weighted by Crippen LogP contribution is 2.32. The molecule has 0 saturated carbocycles. The van der Waals surface area contributed by atoms with Crippen molar-refractivity contribution < 1.29 is 23.8 Å². The predicted octanol–water partition coefficient (Wildman–Crippen LogP) is 5.17. The van der Waals surface area contributed by atoms with E-state index in [9.17, 15) is 14.9 Å². The number of aryl methyl sites for hydroxylation is 1. The van der Waals surface area contributed by atoms with Gasteiger partial charge >= 0.3 is 11.9 Å². The molecule has 2 aromatic rings. The lowest BCUT2D eigenvalue weighted by Gasteiger charge is -2.31. The van der Waals surface area contributed by atoms with Crippen molar-refractivity contribution in [2.75, 3.05) is 19.8 Å². The second-order valence-electron chi connectivity index (χ2n) is 11.3. The molecule has 0 aliphatic heterocycles. The highest BCUT2D eigenvalue weighted by Gasteiger charge is 2.29. The van der Waals surface area contributed by atoms with E-state index >= 15 is 0 Å². The topological polar surface area (TPSA) is 97.7 Å². The fourth-order valence-corrected chi connectivity index (χ4v) is 5.01. The first kappa shape index (κ1) is 30.2. The number of hydrogen-bond donors (Lipinski definition) is 1. The zero-order valence-electron chi connectivity index (χ0n) is 23.9. The number of nitrogens with one attached hydrogen (secondary N) is 1. The van der Waals surface area contributed by atoms with Gasteiger partial charge in [-0.05, 0) is 81.2 Å². The van der Waals surface area contributed by atoms with Gasteiger partial charge in [-0.15, -0.1) is 0 Å². The molecule has 0 amide bonds. The zero-order chi connectivity index (χ0) is 28.4. The van der Waals surface area contributed by atoms with Crippen LogP contribution in [0.3, 0.4) is 0 Å². The summed E-state index contributed by atoms with van der Waals surface area (Å²) in [6, 6.07) is 16.1. The number of nitriles is 1. The summed E-state index contributed by atoms with van der Waals surface area (Å²) in [5.74, 6) is 0.150. The van der Waals surface area contributed by atoms with E-state index < -0.39 is 6.10 Å². The Morgan fingerprint density at radius 2 is 1.82 bits per heavy atom. The largest absolute Gasteiger partial charge is 0.488 e. The third-order valence-electron chi connectivity index (χ3n) is 7.01. The molecule has 210 valence electrons. The van der Waals surface area contributed by atoms with Gasteiger partial charge in [-0.1, -0.05) is 44.2 Å². The Labute approximate surface area is 232 Å². The van der Waals surface area contributed by atoms with E-state index in [-0.39, 0.29) is 36.4 Å². The van der Waals surface area contributed by atoms with Crippen LogP contribution in [0, 0.1) is 23.2 Å². The molecule has 1 N–H and O–H groups in total. The first-order valence-corrected chi connectivity index (χ1v) is 13.9. The number of carbonyl (C=O) groups is 2. The van der Waals surface area contributed by atoms with E-state index in [1.807, 2.05) is 6.07 Å². The average Bonchev–Trinajstić information content (AvgIpc) is 3.30. The van der Waals surface area contributed by atoms with Gasteiger partial charge in [0.05, 0.1) is 18.1 Å². The smallest absolute Gasteiger partial charge is 0.308 e. The van der Waals surface area contributed by atoms with Crippen LogP contribution in [-0.4, -0.2) is 43.3 Å². The van der Waals surface area contributed by atoms with E-state index in [2.05, 4.69) is 49.5 Å². The number of benzene rings is 2. The molecule has 0 spiro atoms. The van der Waals surface area contributed by atoms with Crippen LogP contribution in [0.2, 0.25) is 0 Å². The monoisotopic (exact) mass is 534 g/mol. The molecule has 0 bridgehead atoms. The quantitative estimate of drug-likeness (QED) is 0.334. The third-order valence-corrected chi connectivity index (χ3v) is 7.01. The van der Waals surface area contributed by atoms with Gasteiger partial charge in [0, 0.05) is 18.5 Å². The normalized spacial score (nSPS) is 14.0. The number of nitrogens with zero attached hydrogens (tertiary/aromatic N) is 1. The van der Waals surface area contributed by atoms with Gasteiger partial charge in [0.1, 0.15) is 24.5 Å². The Bertz CT molecular complexity index is 1140. The zero-order valence-corrected chi connectivity index (χ0v) is 23.9. The molecule has 39 heavy (non-hydrogen) atoms. The van der Waals surface area contributed by atoms with Gasteiger partial charge in [0.25, 0.3) is 0 Å². The van der Waals surface area contributed by atoms with Gasteiger partial charge < -0.3 is 19.5 Å². The van der Waals surface area contributed by atoms with E-state index in [1.165, 1.54) is 11.1 Å². The number of esters is 2. The molecule has 1 aliphatic rings. The standard InChI is InChI=1S/C32H42N2O5/c1-6-37-30(35)14-12-23-11-13-27(19-33)29(17-23)38-21-28(39-31(36)22(2)3)20-34-32(4,5)18-24-15-25-9-7-8-10-26(25)16-24/h7-11,13,17,22,24,28,34H,6,12,14-16,18,20-21H2,1-5H3. The van der Waals surface area contributed by atoms with Gasteiger partial charge in [0.15, 0.2) is 0 Å². The van der Waals surface area contributed by atoms with Crippen LogP contribution >= 0.6 is 0 Å². The highest BCUT2D eigenvalue weighted by atomic mass is 16.6. The fraction of sp³-hybridized carbons (Fsp3) is 0.531. The van der Waals surface area contributed by atoms with E-state index in [1.54, 1.807) is 32.9 Å². The Morgan fingerprint density at radius 3 is 2.44 bits per heavy atom. The maximum atomic E-state index is 12.5. The molecular formula is C32H42N2O5. The molecule has 2 aromatic carbocycles. The Hall–Kier alpha value is -3.37. The number of rotatable bonds is 14. The SMILES string of the molecule is CCOC(=O)CCc1ccc(C#N)c(OCC(CNC(C)(C)CC2Cc3ccccc3C2)OC(=O)C(C)C)c1. The number of ether oxygens (including phenoxy) is 3. The Kier molecular flexibility index (Phi) is 10.9. The summed E-state index contributed by atoms with van der Waals surface area (Å²) < 4.78 is 16.8. The molecule has 0 fully saturated rings. The second-order valence-corrected chi connectivity index (χ2v) is 11.3. The van der Waals surface area contributed by atoms with Crippen LogP contribution < -0.4 is 10.1 Å². The van der Waals surface area contributed by atoms with E-state index in [0.29, 0.717) is 36.8 Å². The number of hydrogen-bond acceptors (Lipinski definition) is 7. The Morgan fingerprint density at radius 1 is 1.13 bits per heavy atom.